The number of benzene rings is 1. The first-order chi connectivity index (χ1) is 14.0. The summed E-state index contributed by atoms with van der Waals surface area (Å²) in [6, 6.07) is 8.80. The van der Waals surface area contributed by atoms with E-state index in [1.807, 2.05) is 18.2 Å². The fraction of sp³-hybridized carbons (Fsp3) is 0.550. The minimum absolute atomic E-state index is 0.0310. The average Bonchev–Trinajstić information content (AvgIpc) is 3.18. The Morgan fingerprint density at radius 1 is 0.966 bits per heavy atom. The number of piperidine rings is 1. The van der Waals surface area contributed by atoms with E-state index in [1.165, 1.54) is 9.80 Å². The number of amides is 4. The number of rotatable bonds is 3. The Bertz CT molecular complexity index is 755. The second-order valence-corrected chi connectivity index (χ2v) is 7.52. The number of likely N-dealkylation sites (tertiary alicyclic amines) is 1. The lowest BCUT2D eigenvalue weighted by atomic mass is 10.0. The number of carbonyl (C=O) groups is 3. The number of nitrogens with one attached hydrogen (secondary N) is 1. The third kappa shape index (κ3) is 4.51. The smallest absolute Gasteiger partial charge is 0.322 e. The summed E-state index contributed by atoms with van der Waals surface area (Å²) in [7, 11) is 0. The maximum atomic E-state index is 12.6. The predicted molar refractivity (Wildman–Crippen MR) is 104 cm³/mol. The Labute approximate surface area is 169 Å². The number of ether oxygens (including phenoxy) is 2. The summed E-state index contributed by atoms with van der Waals surface area (Å²) in [5.41, 5.74) is 0.681. The summed E-state index contributed by atoms with van der Waals surface area (Å²) in [4.78, 5) is 42.2. The number of hydrogen-bond acceptors (Lipinski definition) is 5. The molecule has 0 atom stereocenters. The molecule has 156 valence electrons. The van der Waals surface area contributed by atoms with Gasteiger partial charge in [0.25, 0.3) is 0 Å². The van der Waals surface area contributed by atoms with Crippen LogP contribution in [0.25, 0.3) is 0 Å². The van der Waals surface area contributed by atoms with Gasteiger partial charge in [0.15, 0.2) is 5.79 Å². The van der Waals surface area contributed by atoms with Crippen LogP contribution in [0.3, 0.4) is 0 Å². The molecule has 0 aromatic heterocycles. The van der Waals surface area contributed by atoms with Crippen molar-refractivity contribution in [3.63, 3.8) is 0 Å². The van der Waals surface area contributed by atoms with Crippen molar-refractivity contribution in [3.05, 3.63) is 30.3 Å². The first-order valence-corrected chi connectivity index (χ1v) is 9.99. The van der Waals surface area contributed by atoms with Gasteiger partial charge in [-0.05, 0) is 12.1 Å². The number of piperazine rings is 1. The standard InChI is InChI=1S/C20H26N4O5/c25-17(22-8-6-20(7-9-22)28-12-13-29-20)14-23-10-11-24(15-18(23)26)19(27)21-16-4-2-1-3-5-16/h1-5H,6-15H2,(H,21,27). The van der Waals surface area contributed by atoms with E-state index in [0.717, 1.165) is 0 Å². The van der Waals surface area contributed by atoms with Crippen LogP contribution >= 0.6 is 0 Å². The van der Waals surface area contributed by atoms with Crippen LogP contribution < -0.4 is 5.32 Å². The van der Waals surface area contributed by atoms with Gasteiger partial charge in [-0.3, -0.25) is 9.59 Å². The topological polar surface area (TPSA) is 91.4 Å². The molecule has 0 unspecified atom stereocenters. The first kappa shape index (κ1) is 19.7. The molecule has 1 spiro atoms. The Kier molecular flexibility index (Phi) is 5.68. The van der Waals surface area contributed by atoms with E-state index in [0.29, 0.717) is 57.9 Å². The van der Waals surface area contributed by atoms with Crippen LogP contribution in [0.4, 0.5) is 10.5 Å². The van der Waals surface area contributed by atoms with Crippen molar-refractivity contribution >= 4 is 23.5 Å². The van der Waals surface area contributed by atoms with Crippen molar-refractivity contribution in [2.45, 2.75) is 18.6 Å². The van der Waals surface area contributed by atoms with Gasteiger partial charge in [-0.1, -0.05) is 18.2 Å². The van der Waals surface area contributed by atoms with Crippen molar-refractivity contribution in [2.75, 3.05) is 57.8 Å². The number of nitrogens with zero attached hydrogens (tertiary/aromatic N) is 3. The molecule has 9 nitrogen and oxygen atoms in total. The summed E-state index contributed by atoms with van der Waals surface area (Å²) >= 11 is 0. The van der Waals surface area contributed by atoms with E-state index in [-0.39, 0.29) is 30.9 Å². The summed E-state index contributed by atoms with van der Waals surface area (Å²) < 4.78 is 11.4. The van der Waals surface area contributed by atoms with Crippen LogP contribution in [0.5, 0.6) is 0 Å². The molecule has 1 N–H and O–H groups in total. The summed E-state index contributed by atoms with van der Waals surface area (Å²) in [5.74, 6) is -0.818. The molecule has 1 aromatic carbocycles. The minimum Gasteiger partial charge on any atom is -0.347 e. The molecule has 3 aliphatic rings. The van der Waals surface area contributed by atoms with E-state index in [4.69, 9.17) is 9.47 Å². The molecular formula is C20H26N4O5. The van der Waals surface area contributed by atoms with Gasteiger partial charge in [-0.25, -0.2) is 4.79 Å². The molecule has 3 aliphatic heterocycles. The molecule has 3 heterocycles. The zero-order chi connectivity index (χ0) is 20.3. The van der Waals surface area contributed by atoms with E-state index in [2.05, 4.69) is 5.32 Å². The van der Waals surface area contributed by atoms with Gasteiger partial charge >= 0.3 is 6.03 Å². The Morgan fingerprint density at radius 3 is 2.31 bits per heavy atom. The van der Waals surface area contributed by atoms with Crippen LogP contribution in [0.2, 0.25) is 0 Å². The lowest BCUT2D eigenvalue weighted by molar-refractivity contribution is -0.187. The highest BCUT2D eigenvalue weighted by molar-refractivity contribution is 5.94. The van der Waals surface area contributed by atoms with E-state index in [1.54, 1.807) is 17.0 Å². The first-order valence-electron chi connectivity index (χ1n) is 9.99. The average molecular weight is 402 g/mol. The lowest BCUT2D eigenvalue weighted by Crippen LogP contribution is -2.56. The zero-order valence-corrected chi connectivity index (χ0v) is 16.3. The van der Waals surface area contributed by atoms with Crippen molar-refractivity contribution in [3.8, 4) is 0 Å². The predicted octanol–water partition coefficient (Wildman–Crippen LogP) is 0.728. The number of urea groups is 1. The molecule has 3 saturated heterocycles. The summed E-state index contributed by atoms with van der Waals surface area (Å²) in [6.07, 6.45) is 1.31. The second-order valence-electron chi connectivity index (χ2n) is 7.52. The van der Waals surface area contributed by atoms with E-state index < -0.39 is 5.79 Å². The molecule has 0 saturated carbocycles. The SMILES string of the molecule is O=C(CN1CCN(C(=O)Nc2ccccc2)CC1=O)N1CCC2(CC1)OCCO2. The number of hydrogen-bond donors (Lipinski definition) is 1. The summed E-state index contributed by atoms with van der Waals surface area (Å²) in [6.45, 7) is 3.08. The van der Waals surface area contributed by atoms with Gasteiger partial charge in [0.1, 0.15) is 6.54 Å². The maximum Gasteiger partial charge on any atom is 0.322 e. The monoisotopic (exact) mass is 402 g/mol. The van der Waals surface area contributed by atoms with Crippen LogP contribution in [0.15, 0.2) is 30.3 Å². The molecule has 4 amide bonds. The van der Waals surface area contributed by atoms with Crippen LogP contribution in [-0.4, -0.2) is 90.8 Å². The number of carbonyl (C=O) groups excluding carboxylic acids is 3. The highest BCUT2D eigenvalue weighted by Gasteiger charge is 2.41. The molecule has 0 aliphatic carbocycles. The number of para-hydroxylation sites is 1. The molecule has 0 bridgehead atoms. The van der Waals surface area contributed by atoms with E-state index >= 15 is 0 Å². The van der Waals surface area contributed by atoms with Crippen molar-refractivity contribution < 1.29 is 23.9 Å². The van der Waals surface area contributed by atoms with Crippen LogP contribution in [0.1, 0.15) is 12.8 Å². The van der Waals surface area contributed by atoms with Crippen molar-refractivity contribution in [2.24, 2.45) is 0 Å². The van der Waals surface area contributed by atoms with Crippen molar-refractivity contribution in [1.82, 2.24) is 14.7 Å². The molecule has 9 heteroatoms. The van der Waals surface area contributed by atoms with Crippen LogP contribution in [0, 0.1) is 0 Å². The Hall–Kier alpha value is -2.65. The normalized spacial score (nSPS) is 21.5. The highest BCUT2D eigenvalue weighted by atomic mass is 16.7. The molecule has 4 rings (SSSR count). The van der Waals surface area contributed by atoms with Crippen LogP contribution in [-0.2, 0) is 19.1 Å². The van der Waals surface area contributed by atoms with E-state index in [9.17, 15) is 14.4 Å². The quantitative estimate of drug-likeness (QED) is 0.805. The van der Waals surface area contributed by atoms with Gasteiger partial charge in [-0.2, -0.15) is 0 Å². The Balaban J connectivity index is 1.24. The molecule has 1 aromatic rings. The van der Waals surface area contributed by atoms with Gasteiger partial charge in [-0.15, -0.1) is 0 Å². The zero-order valence-electron chi connectivity index (χ0n) is 16.3. The minimum atomic E-state index is -0.523. The fourth-order valence-corrected chi connectivity index (χ4v) is 3.92. The molecule has 29 heavy (non-hydrogen) atoms. The number of anilines is 1. The molecule has 3 fully saturated rings. The van der Waals surface area contributed by atoms with Gasteiger partial charge in [0, 0.05) is 44.7 Å². The highest BCUT2D eigenvalue weighted by Crippen LogP contribution is 2.31. The second kappa shape index (κ2) is 8.38. The largest absolute Gasteiger partial charge is 0.347 e. The van der Waals surface area contributed by atoms with Gasteiger partial charge in [0.2, 0.25) is 11.8 Å². The lowest BCUT2D eigenvalue weighted by Gasteiger charge is -2.39. The molecule has 0 radical (unpaired) electrons. The maximum absolute atomic E-state index is 12.6. The molecular weight excluding hydrogens is 376 g/mol. The fourth-order valence-electron chi connectivity index (χ4n) is 3.92. The van der Waals surface area contributed by atoms with Gasteiger partial charge < -0.3 is 29.5 Å². The van der Waals surface area contributed by atoms with Gasteiger partial charge in [0.05, 0.1) is 19.8 Å². The van der Waals surface area contributed by atoms with Crippen molar-refractivity contribution in [1.29, 1.82) is 0 Å². The third-order valence-electron chi connectivity index (χ3n) is 5.65. The Morgan fingerprint density at radius 2 is 1.66 bits per heavy atom. The third-order valence-corrected chi connectivity index (χ3v) is 5.65. The summed E-state index contributed by atoms with van der Waals surface area (Å²) in [5, 5.41) is 2.78.